The van der Waals surface area contributed by atoms with Crippen LogP contribution in [0.4, 0.5) is 4.39 Å². The van der Waals surface area contributed by atoms with Crippen LogP contribution in [0.25, 0.3) is 0 Å². The van der Waals surface area contributed by atoms with E-state index in [4.69, 9.17) is 5.11 Å². The van der Waals surface area contributed by atoms with Crippen molar-refractivity contribution >= 4 is 5.91 Å². The van der Waals surface area contributed by atoms with Gasteiger partial charge in [-0.15, -0.1) is 0 Å². The van der Waals surface area contributed by atoms with Gasteiger partial charge in [0, 0.05) is 19.3 Å². The Bertz CT molecular complexity index is 331. The minimum atomic E-state index is -0.628. The van der Waals surface area contributed by atoms with Crippen molar-refractivity contribution in [3.63, 3.8) is 0 Å². The fourth-order valence-corrected chi connectivity index (χ4v) is 1.09. The first kappa shape index (κ1) is 11.6. The number of aromatic nitrogens is 1. The number of hydrogen-bond donors (Lipinski definition) is 2. The largest absolute Gasteiger partial charge is 0.396 e. The minimum absolute atomic E-state index is 0.00556. The number of carbonyl (C=O) groups is 1. The van der Waals surface area contributed by atoms with Crippen LogP contribution in [0.3, 0.4) is 0 Å². The first-order chi connectivity index (χ1) is 7.25. The van der Waals surface area contributed by atoms with Crippen molar-refractivity contribution < 1.29 is 14.3 Å². The van der Waals surface area contributed by atoms with Gasteiger partial charge in [-0.1, -0.05) is 0 Å². The molecular formula is C10H13FN2O2. The van der Waals surface area contributed by atoms with E-state index in [0.29, 0.717) is 19.4 Å². The van der Waals surface area contributed by atoms with Crippen LogP contribution in [-0.4, -0.2) is 29.1 Å². The first-order valence-corrected chi connectivity index (χ1v) is 4.74. The molecule has 0 radical (unpaired) electrons. The van der Waals surface area contributed by atoms with Gasteiger partial charge in [0.25, 0.3) is 5.91 Å². The Balaban J connectivity index is 2.44. The molecule has 0 saturated carbocycles. The van der Waals surface area contributed by atoms with Crippen molar-refractivity contribution in [3.05, 3.63) is 29.8 Å². The summed E-state index contributed by atoms with van der Waals surface area (Å²) in [5, 5.41) is 11.1. The molecule has 0 aliphatic heterocycles. The molecule has 82 valence electrons. The Morgan fingerprint density at radius 3 is 3.00 bits per heavy atom. The summed E-state index contributed by atoms with van der Waals surface area (Å²) in [6.07, 6.45) is 3.67. The third kappa shape index (κ3) is 3.63. The van der Waals surface area contributed by atoms with Gasteiger partial charge in [-0.25, -0.2) is 4.39 Å². The number of nitrogens with zero attached hydrogens (tertiary/aromatic N) is 1. The second-order valence-corrected chi connectivity index (χ2v) is 3.04. The summed E-state index contributed by atoms with van der Waals surface area (Å²) in [7, 11) is 0. The molecular weight excluding hydrogens is 199 g/mol. The van der Waals surface area contributed by atoms with Crippen LogP contribution in [0.1, 0.15) is 23.2 Å². The highest BCUT2D eigenvalue weighted by molar-refractivity contribution is 5.94. The zero-order chi connectivity index (χ0) is 11.1. The number of amides is 1. The number of rotatable bonds is 5. The molecule has 0 unspecified atom stereocenters. The zero-order valence-electron chi connectivity index (χ0n) is 8.24. The Morgan fingerprint density at radius 1 is 1.53 bits per heavy atom. The zero-order valence-corrected chi connectivity index (χ0v) is 8.24. The highest BCUT2D eigenvalue weighted by Gasteiger charge is 2.09. The van der Waals surface area contributed by atoms with Gasteiger partial charge in [-0.05, 0) is 18.9 Å². The van der Waals surface area contributed by atoms with Crippen LogP contribution in [0.2, 0.25) is 0 Å². The van der Waals surface area contributed by atoms with E-state index in [9.17, 15) is 9.18 Å². The molecule has 4 nitrogen and oxygen atoms in total. The maximum atomic E-state index is 13.1. The second kappa shape index (κ2) is 6.08. The topological polar surface area (TPSA) is 62.2 Å². The predicted octanol–water partition coefficient (Wildman–Crippen LogP) is 0.723. The standard InChI is InChI=1S/C10H13FN2O2/c11-9-7-12-5-3-8(9)10(15)13-4-1-2-6-14/h3,5,7,14H,1-2,4,6H2,(H,13,15). The molecule has 0 fully saturated rings. The summed E-state index contributed by atoms with van der Waals surface area (Å²) < 4.78 is 13.1. The lowest BCUT2D eigenvalue weighted by atomic mass is 10.2. The van der Waals surface area contributed by atoms with Gasteiger partial charge in [-0.3, -0.25) is 9.78 Å². The summed E-state index contributed by atoms with van der Waals surface area (Å²) in [4.78, 5) is 14.9. The number of nitrogens with one attached hydrogen (secondary N) is 1. The van der Waals surface area contributed by atoms with Gasteiger partial charge in [0.1, 0.15) is 0 Å². The summed E-state index contributed by atoms with van der Waals surface area (Å²) in [5.74, 6) is -1.08. The number of carbonyl (C=O) groups excluding carboxylic acids is 1. The molecule has 15 heavy (non-hydrogen) atoms. The van der Waals surface area contributed by atoms with Gasteiger partial charge >= 0.3 is 0 Å². The van der Waals surface area contributed by atoms with E-state index in [1.807, 2.05) is 0 Å². The van der Waals surface area contributed by atoms with Crippen LogP contribution >= 0.6 is 0 Å². The lowest BCUT2D eigenvalue weighted by Gasteiger charge is -2.04. The summed E-state index contributed by atoms with van der Waals surface area (Å²) in [5.41, 5.74) is -0.00556. The van der Waals surface area contributed by atoms with Crippen molar-refractivity contribution in [2.45, 2.75) is 12.8 Å². The van der Waals surface area contributed by atoms with E-state index in [1.165, 1.54) is 12.3 Å². The molecule has 1 rings (SSSR count). The summed E-state index contributed by atoms with van der Waals surface area (Å²) in [6, 6.07) is 1.33. The Morgan fingerprint density at radius 2 is 2.33 bits per heavy atom. The summed E-state index contributed by atoms with van der Waals surface area (Å²) >= 11 is 0. The third-order valence-electron chi connectivity index (χ3n) is 1.89. The van der Waals surface area contributed by atoms with E-state index in [2.05, 4.69) is 10.3 Å². The normalized spacial score (nSPS) is 10.0. The van der Waals surface area contributed by atoms with Gasteiger partial charge in [0.15, 0.2) is 5.82 Å². The fourth-order valence-electron chi connectivity index (χ4n) is 1.09. The Hall–Kier alpha value is -1.49. The SMILES string of the molecule is O=C(NCCCCO)c1ccncc1F. The Kier molecular flexibility index (Phi) is 4.70. The smallest absolute Gasteiger partial charge is 0.254 e. The molecule has 0 aromatic carbocycles. The van der Waals surface area contributed by atoms with Gasteiger partial charge in [0.05, 0.1) is 11.8 Å². The number of unbranched alkanes of at least 4 members (excludes halogenated alkanes) is 1. The highest BCUT2D eigenvalue weighted by atomic mass is 19.1. The van der Waals surface area contributed by atoms with Crippen LogP contribution in [0, 0.1) is 5.82 Å². The highest BCUT2D eigenvalue weighted by Crippen LogP contribution is 2.03. The molecule has 1 aromatic rings. The van der Waals surface area contributed by atoms with Gasteiger partial charge < -0.3 is 10.4 Å². The van der Waals surface area contributed by atoms with E-state index in [-0.39, 0.29) is 12.2 Å². The number of aliphatic hydroxyl groups excluding tert-OH is 1. The quantitative estimate of drug-likeness (QED) is 0.707. The lowest BCUT2D eigenvalue weighted by molar-refractivity contribution is 0.0948. The van der Waals surface area contributed by atoms with E-state index < -0.39 is 11.7 Å². The molecule has 1 aromatic heterocycles. The van der Waals surface area contributed by atoms with Crippen molar-refractivity contribution in [3.8, 4) is 0 Å². The van der Waals surface area contributed by atoms with Crippen LogP contribution in [0.15, 0.2) is 18.5 Å². The molecule has 0 bridgehead atoms. The van der Waals surface area contributed by atoms with Crippen LogP contribution in [-0.2, 0) is 0 Å². The minimum Gasteiger partial charge on any atom is -0.396 e. The fraction of sp³-hybridized carbons (Fsp3) is 0.400. The average molecular weight is 212 g/mol. The van der Waals surface area contributed by atoms with Crippen molar-refractivity contribution in [1.29, 1.82) is 0 Å². The van der Waals surface area contributed by atoms with Gasteiger partial charge in [-0.2, -0.15) is 0 Å². The van der Waals surface area contributed by atoms with Crippen molar-refractivity contribution in [2.75, 3.05) is 13.2 Å². The number of pyridine rings is 1. The number of halogens is 1. The molecule has 0 spiro atoms. The van der Waals surface area contributed by atoms with E-state index in [0.717, 1.165) is 6.20 Å². The summed E-state index contributed by atoms with van der Waals surface area (Å²) in [6.45, 7) is 0.528. The number of aliphatic hydroxyl groups is 1. The average Bonchev–Trinajstić information content (AvgIpc) is 2.25. The predicted molar refractivity (Wildman–Crippen MR) is 52.8 cm³/mol. The van der Waals surface area contributed by atoms with Crippen LogP contribution in [0.5, 0.6) is 0 Å². The second-order valence-electron chi connectivity index (χ2n) is 3.04. The van der Waals surface area contributed by atoms with Gasteiger partial charge in [0.2, 0.25) is 0 Å². The lowest BCUT2D eigenvalue weighted by Crippen LogP contribution is -2.25. The molecule has 0 aliphatic carbocycles. The van der Waals surface area contributed by atoms with Crippen molar-refractivity contribution in [2.24, 2.45) is 0 Å². The van der Waals surface area contributed by atoms with E-state index >= 15 is 0 Å². The molecule has 5 heteroatoms. The molecule has 0 atom stereocenters. The van der Waals surface area contributed by atoms with Crippen LogP contribution < -0.4 is 5.32 Å². The maximum Gasteiger partial charge on any atom is 0.254 e. The molecule has 1 heterocycles. The Labute approximate surface area is 87.1 Å². The first-order valence-electron chi connectivity index (χ1n) is 4.74. The third-order valence-corrected chi connectivity index (χ3v) is 1.89. The molecule has 0 aliphatic rings. The molecule has 1 amide bonds. The number of hydrogen-bond acceptors (Lipinski definition) is 3. The van der Waals surface area contributed by atoms with Crippen molar-refractivity contribution in [1.82, 2.24) is 10.3 Å². The molecule has 2 N–H and O–H groups in total. The van der Waals surface area contributed by atoms with E-state index in [1.54, 1.807) is 0 Å². The molecule has 0 saturated heterocycles. The monoisotopic (exact) mass is 212 g/mol. The maximum absolute atomic E-state index is 13.1.